The van der Waals surface area contributed by atoms with Crippen molar-refractivity contribution in [2.24, 2.45) is 0 Å². The van der Waals surface area contributed by atoms with E-state index in [0.717, 1.165) is 36.5 Å². The SMILES string of the molecule is CCCCCc1ccc(C(F)=C(F)c2ccc3cc(CCC)ccc3c2)cc1. The van der Waals surface area contributed by atoms with Gasteiger partial charge < -0.3 is 0 Å². The zero-order chi connectivity index (χ0) is 19.9. The maximum Gasteiger partial charge on any atom is 0.166 e. The van der Waals surface area contributed by atoms with Gasteiger partial charge in [-0.05, 0) is 47.2 Å². The molecule has 0 saturated heterocycles. The molecule has 3 aromatic carbocycles. The molecular formula is C26H28F2. The van der Waals surface area contributed by atoms with Crippen LogP contribution in [0.5, 0.6) is 0 Å². The van der Waals surface area contributed by atoms with Crippen LogP contribution in [0.4, 0.5) is 8.78 Å². The molecule has 0 fully saturated rings. The number of unbranched alkanes of at least 4 members (excludes halogenated alkanes) is 2. The molecule has 0 atom stereocenters. The first kappa shape index (κ1) is 20.3. The minimum absolute atomic E-state index is 0.278. The highest BCUT2D eigenvalue weighted by Gasteiger charge is 2.12. The summed E-state index contributed by atoms with van der Waals surface area (Å²) in [6.45, 7) is 4.32. The second-order valence-corrected chi connectivity index (χ2v) is 7.43. The molecule has 0 unspecified atom stereocenters. The number of hydrogen-bond acceptors (Lipinski definition) is 0. The summed E-state index contributed by atoms with van der Waals surface area (Å²) in [6.07, 6.45) is 6.57. The number of benzene rings is 3. The molecule has 0 spiro atoms. The highest BCUT2D eigenvalue weighted by molar-refractivity contribution is 5.90. The van der Waals surface area contributed by atoms with Crippen molar-refractivity contribution in [1.29, 1.82) is 0 Å². The number of aryl methyl sites for hydroxylation is 2. The Kier molecular flexibility index (Phi) is 6.97. The molecule has 28 heavy (non-hydrogen) atoms. The first-order valence-electron chi connectivity index (χ1n) is 10.3. The monoisotopic (exact) mass is 378 g/mol. The van der Waals surface area contributed by atoms with Gasteiger partial charge in [0.2, 0.25) is 0 Å². The van der Waals surface area contributed by atoms with Gasteiger partial charge in [0.1, 0.15) is 0 Å². The van der Waals surface area contributed by atoms with E-state index in [4.69, 9.17) is 0 Å². The Bertz CT molecular complexity index is 952. The predicted octanol–water partition coefficient (Wildman–Crippen LogP) is 8.29. The van der Waals surface area contributed by atoms with Crippen molar-refractivity contribution < 1.29 is 8.78 Å². The van der Waals surface area contributed by atoms with Crippen LogP contribution in [-0.2, 0) is 12.8 Å². The second-order valence-electron chi connectivity index (χ2n) is 7.43. The van der Waals surface area contributed by atoms with E-state index in [2.05, 4.69) is 26.0 Å². The predicted molar refractivity (Wildman–Crippen MR) is 117 cm³/mol. The molecule has 146 valence electrons. The lowest BCUT2D eigenvalue weighted by Crippen LogP contribution is -1.89. The van der Waals surface area contributed by atoms with Crippen LogP contribution in [0.25, 0.3) is 22.4 Å². The fraction of sp³-hybridized carbons (Fsp3) is 0.308. The Morgan fingerprint density at radius 1 is 0.607 bits per heavy atom. The smallest absolute Gasteiger partial charge is 0.166 e. The molecule has 0 nitrogen and oxygen atoms in total. The maximum atomic E-state index is 14.8. The highest BCUT2D eigenvalue weighted by Crippen LogP contribution is 2.31. The van der Waals surface area contributed by atoms with Gasteiger partial charge in [0.25, 0.3) is 0 Å². The number of rotatable bonds is 8. The van der Waals surface area contributed by atoms with Crippen LogP contribution in [0.15, 0.2) is 60.7 Å². The van der Waals surface area contributed by atoms with Crippen molar-refractivity contribution in [1.82, 2.24) is 0 Å². The topological polar surface area (TPSA) is 0 Å². The molecule has 2 heteroatoms. The third-order valence-corrected chi connectivity index (χ3v) is 5.17. The standard InChI is InChI=1S/C26H28F2/c1-3-5-6-8-19-9-12-21(13-10-19)25(27)26(28)24-16-15-22-17-20(7-4-2)11-14-23(22)18-24/h9-18H,3-8H2,1-2H3. The molecule has 0 aliphatic rings. The molecule has 0 aliphatic heterocycles. The molecule has 0 heterocycles. The lowest BCUT2D eigenvalue weighted by Gasteiger charge is -2.07. The summed E-state index contributed by atoms with van der Waals surface area (Å²) >= 11 is 0. The Balaban J connectivity index is 1.83. The normalized spacial score (nSPS) is 12.3. The first-order chi connectivity index (χ1) is 13.6. The lowest BCUT2D eigenvalue weighted by molar-refractivity contribution is 0.699. The average molecular weight is 379 g/mol. The maximum absolute atomic E-state index is 14.8. The molecule has 0 saturated carbocycles. The molecule has 3 rings (SSSR count). The lowest BCUT2D eigenvalue weighted by atomic mass is 10.0. The van der Waals surface area contributed by atoms with E-state index in [0.29, 0.717) is 0 Å². The quantitative estimate of drug-likeness (QED) is 0.273. The summed E-state index contributed by atoms with van der Waals surface area (Å²) in [5.41, 5.74) is 3.00. The van der Waals surface area contributed by atoms with Crippen LogP contribution in [-0.4, -0.2) is 0 Å². The van der Waals surface area contributed by atoms with E-state index in [1.807, 2.05) is 24.3 Å². The van der Waals surface area contributed by atoms with Gasteiger partial charge in [-0.2, -0.15) is 0 Å². The Morgan fingerprint density at radius 3 is 1.93 bits per heavy atom. The summed E-state index contributed by atoms with van der Waals surface area (Å²) in [5.74, 6) is -1.61. The summed E-state index contributed by atoms with van der Waals surface area (Å²) in [4.78, 5) is 0. The van der Waals surface area contributed by atoms with Crippen LogP contribution in [0.3, 0.4) is 0 Å². The summed E-state index contributed by atoms with van der Waals surface area (Å²) in [5, 5.41) is 1.98. The van der Waals surface area contributed by atoms with Gasteiger partial charge in [-0.25, -0.2) is 8.78 Å². The number of hydrogen-bond donors (Lipinski definition) is 0. The van der Waals surface area contributed by atoms with Gasteiger partial charge in [-0.1, -0.05) is 87.7 Å². The van der Waals surface area contributed by atoms with Crippen LogP contribution < -0.4 is 0 Å². The van der Waals surface area contributed by atoms with Gasteiger partial charge in [0.05, 0.1) is 0 Å². The summed E-state index contributed by atoms with van der Waals surface area (Å²) in [6, 6.07) is 18.6. The van der Waals surface area contributed by atoms with E-state index in [9.17, 15) is 8.78 Å². The Hall–Kier alpha value is -2.48. The highest BCUT2D eigenvalue weighted by atomic mass is 19.2. The molecule has 0 aromatic heterocycles. The third kappa shape index (κ3) is 4.86. The molecule has 3 aromatic rings. The van der Waals surface area contributed by atoms with Crippen molar-refractivity contribution in [2.75, 3.05) is 0 Å². The summed E-state index contributed by atoms with van der Waals surface area (Å²) < 4.78 is 29.5. The van der Waals surface area contributed by atoms with Crippen molar-refractivity contribution >= 4 is 22.4 Å². The molecule has 0 N–H and O–H groups in total. The van der Waals surface area contributed by atoms with E-state index < -0.39 is 11.7 Å². The van der Waals surface area contributed by atoms with Gasteiger partial charge >= 0.3 is 0 Å². The van der Waals surface area contributed by atoms with E-state index in [-0.39, 0.29) is 11.1 Å². The fourth-order valence-corrected chi connectivity index (χ4v) is 3.53. The van der Waals surface area contributed by atoms with Crippen molar-refractivity contribution in [3.05, 3.63) is 82.9 Å². The number of fused-ring (bicyclic) bond motifs is 1. The minimum Gasteiger partial charge on any atom is -0.203 e. The van der Waals surface area contributed by atoms with Crippen molar-refractivity contribution in [2.45, 2.75) is 52.4 Å². The Morgan fingerprint density at radius 2 is 1.21 bits per heavy atom. The van der Waals surface area contributed by atoms with Gasteiger partial charge in [-0.3, -0.25) is 0 Å². The van der Waals surface area contributed by atoms with E-state index >= 15 is 0 Å². The molecule has 0 aliphatic carbocycles. The van der Waals surface area contributed by atoms with Gasteiger partial charge in [0, 0.05) is 11.1 Å². The van der Waals surface area contributed by atoms with Crippen molar-refractivity contribution in [3.63, 3.8) is 0 Å². The third-order valence-electron chi connectivity index (χ3n) is 5.17. The van der Waals surface area contributed by atoms with Crippen LogP contribution in [0.1, 0.15) is 61.8 Å². The number of halogens is 2. The average Bonchev–Trinajstić information content (AvgIpc) is 2.73. The van der Waals surface area contributed by atoms with Crippen molar-refractivity contribution in [3.8, 4) is 0 Å². The van der Waals surface area contributed by atoms with Crippen LogP contribution in [0, 0.1) is 0 Å². The van der Waals surface area contributed by atoms with Gasteiger partial charge in [-0.15, -0.1) is 0 Å². The van der Waals surface area contributed by atoms with E-state index in [1.165, 1.54) is 24.0 Å². The zero-order valence-corrected chi connectivity index (χ0v) is 16.8. The second kappa shape index (κ2) is 9.64. The minimum atomic E-state index is -0.807. The molecule has 0 bridgehead atoms. The molecule has 0 radical (unpaired) electrons. The molecule has 0 amide bonds. The largest absolute Gasteiger partial charge is 0.203 e. The Labute approximate surface area is 166 Å². The molecular weight excluding hydrogens is 350 g/mol. The fourth-order valence-electron chi connectivity index (χ4n) is 3.53. The first-order valence-corrected chi connectivity index (χ1v) is 10.3. The van der Waals surface area contributed by atoms with E-state index in [1.54, 1.807) is 24.3 Å². The summed E-state index contributed by atoms with van der Waals surface area (Å²) in [7, 11) is 0. The van der Waals surface area contributed by atoms with Crippen LogP contribution in [0.2, 0.25) is 0 Å². The zero-order valence-electron chi connectivity index (χ0n) is 16.8. The van der Waals surface area contributed by atoms with Gasteiger partial charge in [0.15, 0.2) is 11.7 Å². The van der Waals surface area contributed by atoms with Crippen LogP contribution >= 0.6 is 0 Å².